The van der Waals surface area contributed by atoms with Crippen LogP contribution >= 0.6 is 0 Å². The first-order chi connectivity index (χ1) is 14.3. The summed E-state index contributed by atoms with van der Waals surface area (Å²) in [5.41, 5.74) is 1.77. The fourth-order valence-electron chi connectivity index (χ4n) is 2.89. The molecule has 0 heterocycles. The number of carbonyl (C=O) groups excluding carboxylic acids is 1. The lowest BCUT2D eigenvalue weighted by Crippen LogP contribution is -2.29. The van der Waals surface area contributed by atoms with E-state index in [1.807, 2.05) is 0 Å². The third kappa shape index (κ3) is 5.03. The molecule has 3 rings (SSSR count). The highest BCUT2D eigenvalue weighted by Gasteiger charge is 2.18. The van der Waals surface area contributed by atoms with E-state index in [1.165, 1.54) is 16.4 Å². The van der Waals surface area contributed by atoms with Gasteiger partial charge in [-0.25, -0.2) is 13.2 Å². The summed E-state index contributed by atoms with van der Waals surface area (Å²) in [5, 5.41) is 11.8. The fourth-order valence-corrected chi connectivity index (χ4v) is 3.78. The van der Waals surface area contributed by atoms with Crippen LogP contribution in [0.4, 0.5) is 11.4 Å². The number of benzene rings is 3. The van der Waals surface area contributed by atoms with Gasteiger partial charge < -0.3 is 10.4 Å². The number of carboxylic acids is 1. The summed E-state index contributed by atoms with van der Waals surface area (Å²) in [6, 6.07) is 21.3. The van der Waals surface area contributed by atoms with Gasteiger partial charge in [-0.1, -0.05) is 42.5 Å². The van der Waals surface area contributed by atoms with Crippen LogP contribution in [-0.4, -0.2) is 31.7 Å². The molecule has 0 saturated heterocycles. The van der Waals surface area contributed by atoms with E-state index in [1.54, 1.807) is 66.7 Å². The van der Waals surface area contributed by atoms with Crippen molar-refractivity contribution in [2.24, 2.45) is 0 Å². The summed E-state index contributed by atoms with van der Waals surface area (Å²) < 4.78 is 25.7. The third-order valence-electron chi connectivity index (χ3n) is 4.39. The van der Waals surface area contributed by atoms with Crippen molar-refractivity contribution in [3.8, 4) is 0 Å². The molecule has 0 unspecified atom stereocenters. The Morgan fingerprint density at radius 1 is 0.900 bits per heavy atom. The van der Waals surface area contributed by atoms with Gasteiger partial charge in [0.15, 0.2) is 0 Å². The molecule has 7 nitrogen and oxygen atoms in total. The molecule has 0 aliphatic carbocycles. The van der Waals surface area contributed by atoms with Crippen LogP contribution in [0.3, 0.4) is 0 Å². The zero-order chi connectivity index (χ0) is 21.7. The van der Waals surface area contributed by atoms with Gasteiger partial charge in [0.2, 0.25) is 10.0 Å². The standard InChI is InChI=1S/C22H20N2O5S/c1-30(28,29)24(18-7-3-2-4-8-18)15-16-11-13-17(14-12-16)21(25)23-20-10-6-5-9-19(20)22(26)27/h2-14H,15H2,1H3,(H,23,25)(H,26,27). The number of anilines is 2. The van der Waals surface area contributed by atoms with Crippen LogP contribution in [0.25, 0.3) is 0 Å². The SMILES string of the molecule is CS(=O)(=O)N(Cc1ccc(C(=O)Nc2ccccc2C(=O)O)cc1)c1ccccc1. The van der Waals surface area contributed by atoms with E-state index in [0.717, 1.165) is 6.26 Å². The number of hydrogen-bond acceptors (Lipinski definition) is 4. The zero-order valence-electron chi connectivity index (χ0n) is 16.1. The summed E-state index contributed by atoms with van der Waals surface area (Å²) >= 11 is 0. The lowest BCUT2D eigenvalue weighted by Gasteiger charge is -2.22. The number of nitrogens with zero attached hydrogens (tertiary/aromatic N) is 1. The number of aromatic carboxylic acids is 1. The summed E-state index contributed by atoms with van der Waals surface area (Å²) in [6.07, 6.45) is 1.14. The highest BCUT2D eigenvalue weighted by Crippen LogP contribution is 2.21. The number of nitrogens with one attached hydrogen (secondary N) is 1. The zero-order valence-corrected chi connectivity index (χ0v) is 17.0. The largest absolute Gasteiger partial charge is 0.478 e. The Kier molecular flexibility index (Phi) is 6.17. The van der Waals surface area contributed by atoms with Crippen molar-refractivity contribution in [3.05, 3.63) is 95.6 Å². The van der Waals surface area contributed by atoms with E-state index >= 15 is 0 Å². The van der Waals surface area contributed by atoms with Crippen molar-refractivity contribution in [2.75, 3.05) is 15.9 Å². The van der Waals surface area contributed by atoms with E-state index < -0.39 is 21.9 Å². The molecule has 0 aliphatic rings. The van der Waals surface area contributed by atoms with Gasteiger partial charge in [0.1, 0.15) is 0 Å². The van der Waals surface area contributed by atoms with E-state index in [-0.39, 0.29) is 17.8 Å². The molecule has 0 aromatic heterocycles. The molecule has 0 bridgehead atoms. The van der Waals surface area contributed by atoms with Gasteiger partial charge in [0.25, 0.3) is 5.91 Å². The van der Waals surface area contributed by atoms with E-state index in [0.29, 0.717) is 16.8 Å². The lowest BCUT2D eigenvalue weighted by molar-refractivity contribution is 0.0698. The second-order valence-electron chi connectivity index (χ2n) is 6.61. The van der Waals surface area contributed by atoms with Gasteiger partial charge in [-0.15, -0.1) is 0 Å². The third-order valence-corrected chi connectivity index (χ3v) is 5.53. The van der Waals surface area contributed by atoms with Crippen LogP contribution in [0.1, 0.15) is 26.3 Å². The molecule has 0 radical (unpaired) electrons. The molecule has 0 spiro atoms. The molecular weight excluding hydrogens is 404 g/mol. The van der Waals surface area contributed by atoms with Crippen LogP contribution < -0.4 is 9.62 Å². The Bertz CT molecular complexity index is 1160. The minimum absolute atomic E-state index is 0.00544. The average Bonchev–Trinajstić information content (AvgIpc) is 2.72. The number of sulfonamides is 1. The Balaban J connectivity index is 1.78. The molecule has 2 N–H and O–H groups in total. The van der Waals surface area contributed by atoms with Gasteiger partial charge in [0, 0.05) is 5.56 Å². The van der Waals surface area contributed by atoms with E-state index in [2.05, 4.69) is 5.32 Å². The Morgan fingerprint density at radius 2 is 1.50 bits per heavy atom. The smallest absolute Gasteiger partial charge is 0.337 e. The van der Waals surface area contributed by atoms with Crippen LogP contribution in [0.2, 0.25) is 0 Å². The van der Waals surface area contributed by atoms with Crippen molar-refractivity contribution in [1.82, 2.24) is 0 Å². The predicted molar refractivity (Wildman–Crippen MR) is 115 cm³/mol. The van der Waals surface area contributed by atoms with Crippen molar-refractivity contribution < 1.29 is 23.1 Å². The van der Waals surface area contributed by atoms with Crippen molar-refractivity contribution in [2.45, 2.75) is 6.54 Å². The second-order valence-corrected chi connectivity index (χ2v) is 8.51. The van der Waals surface area contributed by atoms with Crippen molar-refractivity contribution in [3.63, 3.8) is 0 Å². The van der Waals surface area contributed by atoms with Crippen LogP contribution in [0.15, 0.2) is 78.9 Å². The van der Waals surface area contributed by atoms with Crippen LogP contribution in [-0.2, 0) is 16.6 Å². The maximum absolute atomic E-state index is 12.5. The second kappa shape index (κ2) is 8.79. The molecule has 30 heavy (non-hydrogen) atoms. The van der Waals surface area contributed by atoms with Crippen LogP contribution in [0, 0.1) is 0 Å². The normalized spacial score (nSPS) is 11.0. The summed E-state index contributed by atoms with van der Waals surface area (Å²) in [4.78, 5) is 23.8. The first kappa shape index (κ1) is 21.1. The fraction of sp³-hybridized carbons (Fsp3) is 0.0909. The van der Waals surface area contributed by atoms with Gasteiger partial charge in [-0.05, 0) is 42.0 Å². The average molecular weight is 424 g/mol. The molecule has 0 aliphatic heterocycles. The first-order valence-electron chi connectivity index (χ1n) is 9.01. The summed E-state index contributed by atoms with van der Waals surface area (Å²) in [7, 11) is -3.50. The lowest BCUT2D eigenvalue weighted by atomic mass is 10.1. The molecule has 3 aromatic carbocycles. The molecule has 3 aromatic rings. The molecule has 1 amide bonds. The molecule has 0 atom stereocenters. The van der Waals surface area contributed by atoms with E-state index in [9.17, 15) is 23.1 Å². The van der Waals surface area contributed by atoms with Gasteiger partial charge in [-0.2, -0.15) is 0 Å². The maximum Gasteiger partial charge on any atom is 0.337 e. The highest BCUT2D eigenvalue weighted by molar-refractivity contribution is 7.92. The molecule has 0 fully saturated rings. The minimum Gasteiger partial charge on any atom is -0.478 e. The Morgan fingerprint density at radius 3 is 2.10 bits per heavy atom. The molecule has 8 heteroatoms. The van der Waals surface area contributed by atoms with Crippen LogP contribution in [0.5, 0.6) is 0 Å². The molecular formula is C22H20N2O5S. The Hall–Kier alpha value is -3.65. The number of amides is 1. The monoisotopic (exact) mass is 424 g/mol. The number of rotatable bonds is 7. The quantitative estimate of drug-likeness (QED) is 0.603. The number of para-hydroxylation sites is 2. The maximum atomic E-state index is 12.5. The van der Waals surface area contributed by atoms with Crippen molar-refractivity contribution in [1.29, 1.82) is 0 Å². The topological polar surface area (TPSA) is 104 Å². The van der Waals surface area contributed by atoms with Gasteiger partial charge in [0.05, 0.1) is 29.7 Å². The minimum atomic E-state index is -3.50. The Labute approximate surface area is 174 Å². The number of carbonyl (C=O) groups is 2. The summed E-state index contributed by atoms with van der Waals surface area (Å²) in [6.45, 7) is 0.118. The van der Waals surface area contributed by atoms with Crippen molar-refractivity contribution >= 4 is 33.3 Å². The summed E-state index contributed by atoms with van der Waals surface area (Å²) in [5.74, 6) is -1.60. The number of hydrogen-bond donors (Lipinski definition) is 2. The van der Waals surface area contributed by atoms with E-state index in [4.69, 9.17) is 0 Å². The molecule has 154 valence electrons. The molecule has 0 saturated carbocycles. The highest BCUT2D eigenvalue weighted by atomic mass is 32.2. The van der Waals surface area contributed by atoms with Gasteiger partial charge in [-0.3, -0.25) is 9.10 Å². The predicted octanol–water partition coefficient (Wildman–Crippen LogP) is 3.60. The van der Waals surface area contributed by atoms with Gasteiger partial charge >= 0.3 is 5.97 Å². The first-order valence-corrected chi connectivity index (χ1v) is 10.9. The number of carboxylic acid groups (broad SMARTS) is 1.